The van der Waals surface area contributed by atoms with E-state index in [2.05, 4.69) is 4.98 Å². The summed E-state index contributed by atoms with van der Waals surface area (Å²) in [6, 6.07) is 12.9. The lowest BCUT2D eigenvalue weighted by atomic mass is 9.96. The van der Waals surface area contributed by atoms with Gasteiger partial charge in [-0.15, -0.1) is 11.3 Å². The lowest BCUT2D eigenvalue weighted by Gasteiger charge is -2.33. The van der Waals surface area contributed by atoms with Gasteiger partial charge < -0.3 is 24.5 Å². The number of nitrogens with zero attached hydrogens (tertiary/aromatic N) is 1. The Kier molecular flexibility index (Phi) is 7.27. The lowest BCUT2D eigenvalue weighted by Crippen LogP contribution is -2.45. The highest BCUT2D eigenvalue weighted by atomic mass is 32.1. The molecule has 2 heterocycles. The number of amides is 1. The van der Waals surface area contributed by atoms with Gasteiger partial charge in [-0.05, 0) is 75.7 Å². The Bertz CT molecular complexity index is 1510. The molecule has 0 aliphatic heterocycles. The molecule has 0 saturated carbocycles. The summed E-state index contributed by atoms with van der Waals surface area (Å²) in [6.07, 6.45) is -1.56. The molecular weight excluding hydrogens is 492 g/mol. The second-order valence-electron chi connectivity index (χ2n) is 10.0. The Morgan fingerprint density at radius 2 is 1.78 bits per heavy atom. The van der Waals surface area contributed by atoms with E-state index in [1.54, 1.807) is 26.0 Å². The van der Waals surface area contributed by atoms with Crippen LogP contribution in [-0.4, -0.2) is 45.4 Å². The zero-order valence-corrected chi connectivity index (χ0v) is 22.3. The minimum Gasteiger partial charge on any atom is -0.465 e. The van der Waals surface area contributed by atoms with Crippen LogP contribution in [-0.2, 0) is 11.2 Å². The van der Waals surface area contributed by atoms with E-state index in [1.807, 2.05) is 56.5 Å². The topological polar surface area (TPSA) is 109 Å². The molecule has 4 rings (SSSR count). The molecule has 194 valence electrons. The molecule has 0 spiro atoms. The van der Waals surface area contributed by atoms with E-state index in [1.165, 1.54) is 16.2 Å². The van der Waals surface area contributed by atoms with Gasteiger partial charge in [0.25, 0.3) is 5.56 Å². The minimum atomic E-state index is -0.955. The Morgan fingerprint density at radius 1 is 1.08 bits per heavy atom. The quantitative estimate of drug-likeness (QED) is 0.217. The Labute approximate surface area is 218 Å². The summed E-state index contributed by atoms with van der Waals surface area (Å²) in [5.41, 5.74) is 2.36. The Morgan fingerprint density at radius 3 is 2.41 bits per heavy atom. The van der Waals surface area contributed by atoms with Crippen LogP contribution in [0.25, 0.3) is 32.1 Å². The molecule has 8 nitrogen and oxygen atoms in total. The lowest BCUT2D eigenvalue weighted by molar-refractivity contribution is 0.0730. The number of hydrogen-bond acceptors (Lipinski definition) is 6. The third kappa shape index (κ3) is 5.61. The molecule has 0 unspecified atom stereocenters. The maximum Gasteiger partial charge on any atom is 0.514 e. The molecule has 2 aromatic carbocycles. The zero-order chi connectivity index (χ0) is 26.9. The zero-order valence-electron chi connectivity index (χ0n) is 21.5. The fraction of sp³-hybridized carbons (Fsp3) is 0.321. The Hall–Kier alpha value is -3.85. The highest BCUT2D eigenvalue weighted by molar-refractivity contribution is 7.17. The standard InChI is InChI=1S/C28H30N2O6S/c1-16(2)35-27(34)36-21-11-10-20-23(19-13-15-37-24(19)25(31)29-20)22(21)18-8-6-17(7-9-18)12-14-30(26(32)33)28(3,4)5/h6-11,13,15-16H,12,14H2,1-5H3,(H,29,31)(H,32,33). The molecule has 0 bridgehead atoms. The van der Waals surface area contributed by atoms with Gasteiger partial charge in [-0.25, -0.2) is 9.59 Å². The van der Waals surface area contributed by atoms with E-state index in [-0.39, 0.29) is 11.7 Å². The normalized spacial score (nSPS) is 11.7. The number of carboxylic acid groups (broad SMARTS) is 1. The molecule has 0 aliphatic carbocycles. The number of rotatable bonds is 6. The van der Waals surface area contributed by atoms with E-state index in [0.717, 1.165) is 21.9 Å². The molecule has 0 saturated heterocycles. The van der Waals surface area contributed by atoms with Crippen LogP contribution in [0.15, 0.2) is 52.6 Å². The summed E-state index contributed by atoms with van der Waals surface area (Å²) in [5, 5.41) is 13.0. The molecule has 9 heteroatoms. The van der Waals surface area contributed by atoms with Crippen molar-refractivity contribution in [2.75, 3.05) is 6.54 Å². The molecule has 1 amide bonds. The summed E-state index contributed by atoms with van der Waals surface area (Å²) < 4.78 is 11.4. The monoisotopic (exact) mass is 522 g/mol. The first-order chi connectivity index (χ1) is 17.5. The Balaban J connectivity index is 1.78. The predicted molar refractivity (Wildman–Crippen MR) is 146 cm³/mol. The summed E-state index contributed by atoms with van der Waals surface area (Å²) in [4.78, 5) is 41.0. The fourth-order valence-electron chi connectivity index (χ4n) is 4.30. The van der Waals surface area contributed by atoms with E-state index in [9.17, 15) is 19.5 Å². The summed E-state index contributed by atoms with van der Waals surface area (Å²) in [6.45, 7) is 9.45. The number of aromatic amines is 1. The molecule has 2 N–H and O–H groups in total. The number of carbonyl (C=O) groups excluding carboxylic acids is 1. The van der Waals surface area contributed by atoms with Gasteiger partial charge in [0.05, 0.1) is 6.10 Å². The van der Waals surface area contributed by atoms with Gasteiger partial charge in [0.2, 0.25) is 0 Å². The van der Waals surface area contributed by atoms with Crippen molar-refractivity contribution in [3.05, 3.63) is 63.8 Å². The highest BCUT2D eigenvalue weighted by Crippen LogP contribution is 2.40. The van der Waals surface area contributed by atoms with Crippen LogP contribution in [0.1, 0.15) is 40.2 Å². The first-order valence-electron chi connectivity index (χ1n) is 12.0. The van der Waals surface area contributed by atoms with E-state index in [0.29, 0.717) is 34.5 Å². The van der Waals surface area contributed by atoms with Crippen LogP contribution >= 0.6 is 11.3 Å². The van der Waals surface area contributed by atoms with Crippen molar-refractivity contribution < 1.29 is 24.2 Å². The number of nitrogens with one attached hydrogen (secondary N) is 1. The van der Waals surface area contributed by atoms with Gasteiger partial charge in [-0.2, -0.15) is 0 Å². The van der Waals surface area contributed by atoms with Gasteiger partial charge in [-0.3, -0.25) is 4.79 Å². The number of benzene rings is 2. The number of fused-ring (bicyclic) bond motifs is 3. The SMILES string of the molecule is CC(C)OC(=O)Oc1ccc2[nH]c(=O)c3sccc3c2c1-c1ccc(CCN(C(=O)O)C(C)(C)C)cc1. The molecule has 0 aliphatic rings. The smallest absolute Gasteiger partial charge is 0.465 e. The van der Waals surface area contributed by atoms with Gasteiger partial charge in [0.1, 0.15) is 10.4 Å². The van der Waals surface area contributed by atoms with Gasteiger partial charge in [-0.1, -0.05) is 24.3 Å². The summed E-state index contributed by atoms with van der Waals surface area (Å²) in [7, 11) is 0. The van der Waals surface area contributed by atoms with Crippen molar-refractivity contribution in [1.29, 1.82) is 0 Å². The number of thiophene rings is 1. The molecule has 4 aromatic rings. The number of aromatic nitrogens is 1. The van der Waals surface area contributed by atoms with Gasteiger partial charge >= 0.3 is 12.2 Å². The maximum atomic E-state index is 12.6. The highest BCUT2D eigenvalue weighted by Gasteiger charge is 2.25. The molecule has 0 radical (unpaired) electrons. The average molecular weight is 523 g/mol. The third-order valence-electron chi connectivity index (χ3n) is 5.99. The number of hydrogen-bond donors (Lipinski definition) is 2. The van der Waals surface area contributed by atoms with Crippen LogP contribution in [0.4, 0.5) is 9.59 Å². The summed E-state index contributed by atoms with van der Waals surface area (Å²) in [5.74, 6) is 0.315. The number of H-pyrrole nitrogens is 1. The predicted octanol–water partition coefficient (Wildman–Crippen LogP) is 6.65. The van der Waals surface area contributed by atoms with Crippen molar-refractivity contribution in [3.8, 4) is 16.9 Å². The van der Waals surface area contributed by atoms with Crippen molar-refractivity contribution in [3.63, 3.8) is 0 Å². The van der Waals surface area contributed by atoms with Crippen molar-refractivity contribution in [2.24, 2.45) is 0 Å². The van der Waals surface area contributed by atoms with Crippen LogP contribution in [0, 0.1) is 0 Å². The van der Waals surface area contributed by atoms with Gasteiger partial charge in [0.15, 0.2) is 0 Å². The largest absolute Gasteiger partial charge is 0.514 e. The second-order valence-corrected chi connectivity index (χ2v) is 11.0. The van der Waals surface area contributed by atoms with Gasteiger partial charge in [0, 0.05) is 33.9 Å². The van der Waals surface area contributed by atoms with Crippen LogP contribution in [0.3, 0.4) is 0 Å². The van der Waals surface area contributed by atoms with E-state index in [4.69, 9.17) is 9.47 Å². The minimum absolute atomic E-state index is 0.173. The fourth-order valence-corrected chi connectivity index (χ4v) is 5.10. The molecule has 37 heavy (non-hydrogen) atoms. The molecular formula is C28H30N2O6S. The van der Waals surface area contributed by atoms with Crippen LogP contribution < -0.4 is 10.3 Å². The van der Waals surface area contributed by atoms with Crippen molar-refractivity contribution in [2.45, 2.75) is 52.7 Å². The number of pyridine rings is 1. The number of ether oxygens (including phenoxy) is 2. The second kappa shape index (κ2) is 10.3. The summed E-state index contributed by atoms with van der Waals surface area (Å²) >= 11 is 1.35. The molecule has 0 fully saturated rings. The van der Waals surface area contributed by atoms with Crippen molar-refractivity contribution >= 4 is 44.6 Å². The van der Waals surface area contributed by atoms with E-state index >= 15 is 0 Å². The molecule has 0 atom stereocenters. The van der Waals surface area contributed by atoms with Crippen LogP contribution in [0.5, 0.6) is 5.75 Å². The van der Waals surface area contributed by atoms with Crippen molar-refractivity contribution in [1.82, 2.24) is 9.88 Å². The first-order valence-corrected chi connectivity index (χ1v) is 12.9. The molecule has 2 aromatic heterocycles. The van der Waals surface area contributed by atoms with E-state index < -0.39 is 17.8 Å². The first kappa shape index (κ1) is 26.2. The third-order valence-corrected chi connectivity index (χ3v) is 6.90. The van der Waals surface area contributed by atoms with Crippen LogP contribution in [0.2, 0.25) is 0 Å². The average Bonchev–Trinajstić information content (AvgIpc) is 3.29. The number of carbonyl (C=O) groups is 2. The maximum absolute atomic E-state index is 12.6.